The maximum atomic E-state index is 13.4. The zero-order valence-electron chi connectivity index (χ0n) is 18.8. The van der Waals surface area contributed by atoms with Crippen LogP contribution in [0, 0.1) is 0 Å². The van der Waals surface area contributed by atoms with Gasteiger partial charge in [-0.3, -0.25) is 9.78 Å². The minimum absolute atomic E-state index is 0.203. The van der Waals surface area contributed by atoms with Crippen molar-refractivity contribution in [3.63, 3.8) is 0 Å². The van der Waals surface area contributed by atoms with E-state index in [1.165, 1.54) is 34.0 Å². The monoisotopic (exact) mass is 547 g/mol. The minimum Gasteiger partial charge on any atom is -0.406 e. The van der Waals surface area contributed by atoms with E-state index in [1.54, 1.807) is 18.2 Å². The SMILES string of the molecule is O=C(c1ccnc2ccc(-c3ccc(OC(F)(F)F)cc3)cc12)N1CCCC1CNS(=O)(=O)C(F)(F)F. The molecule has 3 aromatic rings. The molecule has 14 heteroatoms. The number of hydrogen-bond acceptors (Lipinski definition) is 5. The average molecular weight is 547 g/mol. The molecule has 1 atom stereocenters. The van der Waals surface area contributed by atoms with Crippen molar-refractivity contribution in [1.82, 2.24) is 14.6 Å². The van der Waals surface area contributed by atoms with Crippen molar-refractivity contribution in [2.45, 2.75) is 30.8 Å². The summed E-state index contributed by atoms with van der Waals surface area (Å²) in [6.07, 6.45) is -2.64. The Kier molecular flexibility index (Phi) is 7.08. The highest BCUT2D eigenvalue weighted by Gasteiger charge is 2.46. The number of carbonyl (C=O) groups is 1. The predicted octanol–water partition coefficient (Wildman–Crippen LogP) is 4.84. The highest BCUT2D eigenvalue weighted by atomic mass is 32.2. The first-order chi connectivity index (χ1) is 17.2. The van der Waals surface area contributed by atoms with Crippen molar-refractivity contribution in [3.8, 4) is 16.9 Å². The number of amides is 1. The number of sulfonamides is 1. The van der Waals surface area contributed by atoms with Gasteiger partial charge in [-0.15, -0.1) is 13.2 Å². The minimum atomic E-state index is -5.55. The van der Waals surface area contributed by atoms with Crippen molar-refractivity contribution in [3.05, 3.63) is 60.3 Å². The van der Waals surface area contributed by atoms with Crippen LogP contribution in [-0.4, -0.2) is 55.2 Å². The lowest BCUT2D eigenvalue weighted by Crippen LogP contribution is -2.46. The fraction of sp³-hybridized carbons (Fsp3) is 0.304. The second-order valence-electron chi connectivity index (χ2n) is 8.25. The summed E-state index contributed by atoms with van der Waals surface area (Å²) in [5, 5.41) is 0.419. The van der Waals surface area contributed by atoms with E-state index in [0.29, 0.717) is 34.9 Å². The molecule has 198 valence electrons. The van der Waals surface area contributed by atoms with Gasteiger partial charge in [0.05, 0.1) is 11.1 Å². The van der Waals surface area contributed by atoms with Gasteiger partial charge in [0, 0.05) is 30.7 Å². The van der Waals surface area contributed by atoms with Crippen molar-refractivity contribution in [2.75, 3.05) is 13.1 Å². The Hall–Kier alpha value is -3.39. The topological polar surface area (TPSA) is 88.6 Å². The number of pyridine rings is 1. The van der Waals surface area contributed by atoms with Crippen LogP contribution < -0.4 is 9.46 Å². The number of nitrogens with one attached hydrogen (secondary N) is 1. The van der Waals surface area contributed by atoms with Crippen molar-refractivity contribution < 1.29 is 44.3 Å². The smallest absolute Gasteiger partial charge is 0.406 e. The van der Waals surface area contributed by atoms with Gasteiger partial charge in [0.2, 0.25) is 0 Å². The second kappa shape index (κ2) is 9.82. The molecule has 1 saturated heterocycles. The maximum absolute atomic E-state index is 13.4. The number of hydrogen-bond donors (Lipinski definition) is 1. The van der Waals surface area contributed by atoms with E-state index in [2.05, 4.69) is 9.72 Å². The molecule has 1 aliphatic rings. The van der Waals surface area contributed by atoms with Gasteiger partial charge in [-0.2, -0.15) is 13.2 Å². The van der Waals surface area contributed by atoms with Crippen LogP contribution in [-0.2, 0) is 10.0 Å². The van der Waals surface area contributed by atoms with E-state index in [1.807, 2.05) is 0 Å². The Bertz CT molecular complexity index is 1410. The Morgan fingerprint density at radius 3 is 2.35 bits per heavy atom. The molecular weight excluding hydrogens is 528 g/mol. The standard InChI is InChI=1S/C23H19F6N3O4S/c24-22(25,26)36-17-6-3-14(4-7-17)15-5-8-20-19(12-15)18(9-10-30-20)21(33)32-11-1-2-16(32)13-31-37(34,35)23(27,28)29/h3-10,12,16,31H,1-2,11,13H2. The molecule has 1 fully saturated rings. The molecule has 2 aromatic carbocycles. The fourth-order valence-electron chi connectivity index (χ4n) is 4.12. The van der Waals surface area contributed by atoms with Gasteiger partial charge in [-0.1, -0.05) is 18.2 Å². The van der Waals surface area contributed by atoms with Gasteiger partial charge < -0.3 is 9.64 Å². The van der Waals surface area contributed by atoms with Crippen LogP contribution in [0.15, 0.2) is 54.7 Å². The molecule has 2 heterocycles. The van der Waals surface area contributed by atoms with Crippen molar-refractivity contribution in [1.29, 1.82) is 0 Å². The van der Waals surface area contributed by atoms with Crippen molar-refractivity contribution in [2.24, 2.45) is 0 Å². The second-order valence-corrected chi connectivity index (χ2v) is 10.0. The quantitative estimate of drug-likeness (QED) is 0.446. The molecule has 0 radical (unpaired) electrons. The molecule has 0 spiro atoms. The number of aromatic nitrogens is 1. The molecule has 1 unspecified atom stereocenters. The number of alkyl halides is 6. The molecule has 7 nitrogen and oxygen atoms in total. The lowest BCUT2D eigenvalue weighted by Gasteiger charge is -2.25. The third-order valence-corrected chi connectivity index (χ3v) is 7.00. The molecule has 0 saturated carbocycles. The molecule has 1 N–H and O–H groups in total. The summed E-state index contributed by atoms with van der Waals surface area (Å²) in [6.45, 7) is -0.365. The first-order valence-corrected chi connectivity index (χ1v) is 12.4. The third kappa shape index (κ3) is 5.96. The third-order valence-electron chi connectivity index (χ3n) is 5.84. The van der Waals surface area contributed by atoms with E-state index in [4.69, 9.17) is 0 Å². The van der Waals surface area contributed by atoms with Gasteiger partial charge in [-0.05, 0) is 54.3 Å². The Labute approximate surface area is 207 Å². The van der Waals surface area contributed by atoms with Crippen LogP contribution >= 0.6 is 0 Å². The van der Waals surface area contributed by atoms with E-state index in [0.717, 1.165) is 12.1 Å². The first-order valence-electron chi connectivity index (χ1n) is 10.9. The maximum Gasteiger partial charge on any atom is 0.573 e. The fourth-order valence-corrected chi connectivity index (χ4v) is 4.69. The largest absolute Gasteiger partial charge is 0.573 e. The zero-order valence-corrected chi connectivity index (χ0v) is 19.6. The number of halogens is 6. The Morgan fingerprint density at radius 1 is 1.03 bits per heavy atom. The molecule has 0 aliphatic carbocycles. The van der Waals surface area contributed by atoms with Crippen LogP contribution in [0.3, 0.4) is 0 Å². The van der Waals surface area contributed by atoms with E-state index in [9.17, 15) is 39.6 Å². The van der Waals surface area contributed by atoms with E-state index >= 15 is 0 Å². The van der Waals surface area contributed by atoms with Gasteiger partial charge >= 0.3 is 21.9 Å². The van der Waals surface area contributed by atoms with Crippen LogP contribution in [0.2, 0.25) is 0 Å². The predicted molar refractivity (Wildman–Crippen MR) is 121 cm³/mol. The summed E-state index contributed by atoms with van der Waals surface area (Å²) in [6, 6.07) is 10.7. The van der Waals surface area contributed by atoms with Gasteiger partial charge in [0.1, 0.15) is 5.75 Å². The molecule has 4 rings (SSSR count). The Morgan fingerprint density at radius 2 is 1.70 bits per heavy atom. The van der Waals surface area contributed by atoms with Gasteiger partial charge in [0.25, 0.3) is 5.91 Å². The van der Waals surface area contributed by atoms with Crippen LogP contribution in [0.25, 0.3) is 22.0 Å². The lowest BCUT2D eigenvalue weighted by molar-refractivity contribution is -0.274. The number of nitrogens with zero attached hydrogens (tertiary/aromatic N) is 2. The number of ether oxygens (including phenoxy) is 1. The van der Waals surface area contributed by atoms with Crippen LogP contribution in [0.5, 0.6) is 5.75 Å². The molecule has 1 aliphatic heterocycles. The molecule has 0 bridgehead atoms. The van der Waals surface area contributed by atoms with Crippen LogP contribution in [0.1, 0.15) is 23.2 Å². The Balaban J connectivity index is 1.60. The van der Waals surface area contributed by atoms with Gasteiger partial charge in [-0.25, -0.2) is 13.1 Å². The number of fused-ring (bicyclic) bond motifs is 1. The summed E-state index contributed by atoms with van der Waals surface area (Å²) in [5.41, 5.74) is -3.70. The van der Waals surface area contributed by atoms with E-state index < -0.39 is 46.1 Å². The summed E-state index contributed by atoms with van der Waals surface area (Å²) in [5.74, 6) is -0.900. The average Bonchev–Trinajstić information content (AvgIpc) is 3.29. The first kappa shape index (κ1) is 26.7. The summed E-state index contributed by atoms with van der Waals surface area (Å²) < 4.78 is 103. The molecule has 1 amide bonds. The molecule has 1 aromatic heterocycles. The lowest BCUT2D eigenvalue weighted by atomic mass is 10.00. The summed E-state index contributed by atoms with van der Waals surface area (Å²) in [4.78, 5) is 18.9. The number of carbonyl (C=O) groups excluding carboxylic acids is 1. The number of rotatable bonds is 6. The van der Waals surface area contributed by atoms with Crippen LogP contribution in [0.4, 0.5) is 26.3 Å². The number of benzene rings is 2. The summed E-state index contributed by atoms with van der Waals surface area (Å²) >= 11 is 0. The molecule has 37 heavy (non-hydrogen) atoms. The number of likely N-dealkylation sites (tertiary alicyclic amines) is 1. The normalized spacial score (nSPS) is 16.8. The van der Waals surface area contributed by atoms with E-state index in [-0.39, 0.29) is 12.1 Å². The molecular formula is C23H19F6N3O4S. The zero-order chi connectivity index (χ0) is 27.0. The highest BCUT2D eigenvalue weighted by molar-refractivity contribution is 7.90. The van der Waals surface area contributed by atoms with Crippen molar-refractivity contribution >= 4 is 26.8 Å². The summed E-state index contributed by atoms with van der Waals surface area (Å²) in [7, 11) is -5.55. The highest BCUT2D eigenvalue weighted by Crippen LogP contribution is 2.31. The van der Waals surface area contributed by atoms with Gasteiger partial charge in [0.15, 0.2) is 0 Å².